The Morgan fingerprint density at radius 2 is 2.35 bits per heavy atom. The SMILES string of the molecule is CNC(=O)c1cnc(-n2ncnc2C(C)N)s1. The van der Waals surface area contributed by atoms with E-state index in [0.717, 1.165) is 0 Å². The fourth-order valence-corrected chi connectivity index (χ4v) is 2.13. The molecule has 0 saturated heterocycles. The fraction of sp³-hybridized carbons (Fsp3) is 0.333. The first-order valence-electron chi connectivity index (χ1n) is 4.97. The largest absolute Gasteiger partial charge is 0.354 e. The van der Waals surface area contributed by atoms with Crippen molar-refractivity contribution in [3.05, 3.63) is 23.2 Å². The monoisotopic (exact) mass is 252 g/mol. The zero-order chi connectivity index (χ0) is 12.4. The number of carbonyl (C=O) groups excluding carboxylic acids is 1. The van der Waals surface area contributed by atoms with Crippen molar-refractivity contribution in [1.29, 1.82) is 0 Å². The van der Waals surface area contributed by atoms with E-state index < -0.39 is 0 Å². The molecule has 1 amide bonds. The van der Waals surface area contributed by atoms with Crippen LogP contribution < -0.4 is 11.1 Å². The Labute approximate surface area is 102 Å². The number of rotatable bonds is 3. The van der Waals surface area contributed by atoms with Crippen molar-refractivity contribution < 1.29 is 4.79 Å². The van der Waals surface area contributed by atoms with Gasteiger partial charge in [-0.1, -0.05) is 11.3 Å². The molecule has 90 valence electrons. The highest BCUT2D eigenvalue weighted by Crippen LogP contribution is 2.19. The Kier molecular flexibility index (Phi) is 3.16. The van der Waals surface area contributed by atoms with Crippen molar-refractivity contribution in [2.24, 2.45) is 5.73 Å². The lowest BCUT2D eigenvalue weighted by Crippen LogP contribution is -2.16. The van der Waals surface area contributed by atoms with Crippen LogP contribution in [0.5, 0.6) is 0 Å². The standard InChI is InChI=1S/C9H12N6OS/c1-5(10)7-13-4-14-15(7)9-12-3-6(17-9)8(16)11-2/h3-5H,10H2,1-2H3,(H,11,16). The Balaban J connectivity index is 2.37. The van der Waals surface area contributed by atoms with E-state index in [4.69, 9.17) is 5.73 Å². The van der Waals surface area contributed by atoms with E-state index in [-0.39, 0.29) is 11.9 Å². The second-order valence-electron chi connectivity index (χ2n) is 3.40. The van der Waals surface area contributed by atoms with Gasteiger partial charge in [-0.25, -0.2) is 9.97 Å². The van der Waals surface area contributed by atoms with Gasteiger partial charge in [-0.2, -0.15) is 9.78 Å². The molecule has 0 aromatic carbocycles. The molecule has 0 aliphatic rings. The summed E-state index contributed by atoms with van der Waals surface area (Å²) < 4.78 is 1.54. The molecule has 0 aliphatic heterocycles. The average Bonchev–Trinajstić information content (AvgIpc) is 2.95. The first kappa shape index (κ1) is 11.7. The van der Waals surface area contributed by atoms with Gasteiger partial charge in [0.05, 0.1) is 12.2 Å². The molecule has 0 fully saturated rings. The molecule has 2 rings (SSSR count). The van der Waals surface area contributed by atoms with E-state index in [9.17, 15) is 4.79 Å². The van der Waals surface area contributed by atoms with Gasteiger partial charge in [0.15, 0.2) is 5.82 Å². The predicted molar refractivity (Wildman–Crippen MR) is 63.0 cm³/mol. The van der Waals surface area contributed by atoms with E-state index in [1.165, 1.54) is 23.9 Å². The van der Waals surface area contributed by atoms with Gasteiger partial charge in [0.25, 0.3) is 5.91 Å². The Morgan fingerprint density at radius 1 is 1.59 bits per heavy atom. The van der Waals surface area contributed by atoms with Crippen molar-refractivity contribution in [2.75, 3.05) is 7.05 Å². The maximum Gasteiger partial charge on any atom is 0.262 e. The summed E-state index contributed by atoms with van der Waals surface area (Å²) in [5, 5.41) is 7.16. The summed E-state index contributed by atoms with van der Waals surface area (Å²) in [4.78, 5) is 20.1. The summed E-state index contributed by atoms with van der Waals surface area (Å²) in [7, 11) is 1.57. The van der Waals surface area contributed by atoms with Crippen LogP contribution in [0, 0.1) is 0 Å². The maximum absolute atomic E-state index is 11.4. The molecule has 0 aliphatic carbocycles. The van der Waals surface area contributed by atoms with Crippen LogP contribution in [-0.4, -0.2) is 32.7 Å². The molecule has 7 nitrogen and oxygen atoms in total. The summed E-state index contributed by atoms with van der Waals surface area (Å²) in [5.74, 6) is 0.444. The van der Waals surface area contributed by atoms with E-state index in [1.807, 2.05) is 6.92 Å². The first-order valence-corrected chi connectivity index (χ1v) is 5.79. The zero-order valence-electron chi connectivity index (χ0n) is 9.41. The number of nitrogens with one attached hydrogen (secondary N) is 1. The van der Waals surface area contributed by atoms with E-state index >= 15 is 0 Å². The van der Waals surface area contributed by atoms with Gasteiger partial charge >= 0.3 is 0 Å². The summed E-state index contributed by atoms with van der Waals surface area (Å²) in [5.41, 5.74) is 5.76. The van der Waals surface area contributed by atoms with Crippen LogP contribution in [0.2, 0.25) is 0 Å². The van der Waals surface area contributed by atoms with E-state index in [1.54, 1.807) is 11.7 Å². The van der Waals surface area contributed by atoms with Gasteiger partial charge in [0, 0.05) is 7.05 Å². The van der Waals surface area contributed by atoms with Gasteiger partial charge in [-0.15, -0.1) is 0 Å². The van der Waals surface area contributed by atoms with E-state index in [2.05, 4.69) is 20.4 Å². The van der Waals surface area contributed by atoms with Crippen LogP contribution in [0.15, 0.2) is 12.5 Å². The number of carbonyl (C=O) groups is 1. The number of aromatic nitrogens is 4. The lowest BCUT2D eigenvalue weighted by atomic mass is 10.3. The molecule has 1 unspecified atom stereocenters. The number of nitrogens with zero attached hydrogens (tertiary/aromatic N) is 4. The van der Waals surface area contributed by atoms with Crippen LogP contribution in [-0.2, 0) is 0 Å². The highest BCUT2D eigenvalue weighted by Gasteiger charge is 2.15. The van der Waals surface area contributed by atoms with Crippen molar-refractivity contribution in [3.8, 4) is 5.13 Å². The van der Waals surface area contributed by atoms with Crippen LogP contribution in [0.4, 0.5) is 0 Å². The highest BCUT2D eigenvalue weighted by molar-refractivity contribution is 7.16. The lowest BCUT2D eigenvalue weighted by Gasteiger charge is -2.04. The van der Waals surface area contributed by atoms with Gasteiger partial charge < -0.3 is 11.1 Å². The van der Waals surface area contributed by atoms with Crippen molar-refractivity contribution in [2.45, 2.75) is 13.0 Å². The number of thiazole rings is 1. The van der Waals surface area contributed by atoms with Gasteiger partial charge in [-0.3, -0.25) is 4.79 Å². The first-order chi connectivity index (χ1) is 8.13. The Hall–Kier alpha value is -1.80. The molecule has 0 radical (unpaired) electrons. The van der Waals surface area contributed by atoms with Crippen molar-refractivity contribution in [1.82, 2.24) is 25.1 Å². The second kappa shape index (κ2) is 4.60. The van der Waals surface area contributed by atoms with Crippen LogP contribution in [0.1, 0.15) is 28.5 Å². The third-order valence-electron chi connectivity index (χ3n) is 2.11. The minimum absolute atomic E-state index is 0.170. The molecule has 0 saturated carbocycles. The molecule has 0 bridgehead atoms. The van der Waals surface area contributed by atoms with Crippen LogP contribution >= 0.6 is 11.3 Å². The number of nitrogens with two attached hydrogens (primary N) is 1. The van der Waals surface area contributed by atoms with Crippen LogP contribution in [0.3, 0.4) is 0 Å². The summed E-state index contributed by atoms with van der Waals surface area (Å²) >= 11 is 1.24. The molecule has 0 spiro atoms. The molecule has 1 atom stereocenters. The molecule has 2 heterocycles. The maximum atomic E-state index is 11.4. The third kappa shape index (κ3) is 2.17. The molecule has 3 N–H and O–H groups in total. The number of hydrogen-bond donors (Lipinski definition) is 2. The highest BCUT2D eigenvalue weighted by atomic mass is 32.1. The molecular weight excluding hydrogens is 240 g/mol. The minimum atomic E-state index is -0.246. The van der Waals surface area contributed by atoms with Crippen molar-refractivity contribution in [3.63, 3.8) is 0 Å². The molecule has 2 aromatic heterocycles. The fourth-order valence-electron chi connectivity index (χ4n) is 1.30. The lowest BCUT2D eigenvalue weighted by molar-refractivity contribution is 0.0967. The number of amides is 1. The minimum Gasteiger partial charge on any atom is -0.354 e. The summed E-state index contributed by atoms with van der Waals surface area (Å²) in [6, 6.07) is -0.246. The van der Waals surface area contributed by atoms with E-state index in [0.29, 0.717) is 15.8 Å². The Morgan fingerprint density at radius 3 is 3.00 bits per heavy atom. The smallest absolute Gasteiger partial charge is 0.262 e. The van der Waals surface area contributed by atoms with Gasteiger partial charge in [-0.05, 0) is 6.92 Å². The molecule has 2 aromatic rings. The predicted octanol–water partition coefficient (Wildman–Crippen LogP) is 0.103. The second-order valence-corrected chi connectivity index (χ2v) is 4.41. The zero-order valence-corrected chi connectivity index (χ0v) is 10.2. The van der Waals surface area contributed by atoms with Crippen LogP contribution in [0.25, 0.3) is 5.13 Å². The molecular formula is C9H12N6OS. The van der Waals surface area contributed by atoms with Gasteiger partial charge in [0.1, 0.15) is 11.2 Å². The third-order valence-corrected chi connectivity index (χ3v) is 3.08. The average molecular weight is 252 g/mol. The van der Waals surface area contributed by atoms with Crippen molar-refractivity contribution >= 4 is 17.2 Å². The summed E-state index contributed by atoms with van der Waals surface area (Å²) in [6.07, 6.45) is 2.92. The molecule has 17 heavy (non-hydrogen) atoms. The van der Waals surface area contributed by atoms with Gasteiger partial charge in [0.2, 0.25) is 5.13 Å². The topological polar surface area (TPSA) is 98.7 Å². The molecule has 8 heteroatoms. The number of hydrogen-bond acceptors (Lipinski definition) is 6. The Bertz CT molecular complexity index is 531. The normalized spacial score (nSPS) is 12.4. The summed E-state index contributed by atoms with van der Waals surface area (Å²) in [6.45, 7) is 1.81. The quantitative estimate of drug-likeness (QED) is 0.807.